The molecule has 0 fully saturated rings. The molecule has 0 aliphatic heterocycles. The van der Waals surface area contributed by atoms with Crippen LogP contribution in [-0.2, 0) is 0 Å². The molecule has 8 N–H and O–H groups in total. The third kappa shape index (κ3) is 13.2. The Morgan fingerprint density at radius 3 is 1.56 bits per heavy atom. The Hall–Kier alpha value is -0.760. The average molecular weight is 264 g/mol. The molecule has 0 radical (unpaired) electrons. The topological polar surface area (TPSA) is 124 Å². The van der Waals surface area contributed by atoms with Crippen LogP contribution in [0, 0.1) is 10.8 Å². The van der Waals surface area contributed by atoms with Gasteiger partial charge in [0.25, 0.3) is 0 Å². The van der Waals surface area contributed by atoms with Crippen molar-refractivity contribution in [3.8, 4) is 0 Å². The van der Waals surface area contributed by atoms with E-state index in [0.717, 1.165) is 37.4 Å². The summed E-state index contributed by atoms with van der Waals surface area (Å²) in [5.41, 5.74) is 10.3. The van der Waals surface area contributed by atoms with Gasteiger partial charge in [0.2, 0.25) is 0 Å². The van der Waals surface area contributed by atoms with Gasteiger partial charge >= 0.3 is 0 Å². The molecule has 16 heavy (non-hydrogen) atoms. The second-order valence-electron chi connectivity index (χ2n) is 3.03. The van der Waals surface area contributed by atoms with Crippen LogP contribution >= 0.6 is 21.6 Å². The van der Waals surface area contributed by atoms with Crippen molar-refractivity contribution < 1.29 is 0 Å². The maximum absolute atomic E-state index is 6.94. The molecule has 0 atom stereocenters. The molecule has 0 saturated carbocycles. The first-order valence-corrected chi connectivity index (χ1v) is 7.52. The van der Waals surface area contributed by atoms with Gasteiger partial charge in [-0.3, -0.25) is 10.8 Å². The molecule has 0 aliphatic carbocycles. The van der Waals surface area contributed by atoms with Crippen molar-refractivity contribution in [1.29, 1.82) is 10.8 Å². The molecule has 0 spiro atoms. The minimum Gasteiger partial charge on any atom is -0.370 e. The van der Waals surface area contributed by atoms with Gasteiger partial charge < -0.3 is 22.1 Å². The SMILES string of the molecule is N=C(N)NCCCSSCCCNC(=N)N. The summed E-state index contributed by atoms with van der Waals surface area (Å²) in [6.45, 7) is 1.52. The Morgan fingerprint density at radius 2 is 1.25 bits per heavy atom. The van der Waals surface area contributed by atoms with Crippen molar-refractivity contribution in [1.82, 2.24) is 10.6 Å². The Labute approximate surface area is 104 Å². The highest BCUT2D eigenvalue weighted by molar-refractivity contribution is 8.76. The molecule has 0 heterocycles. The fourth-order valence-corrected chi connectivity index (χ4v) is 3.00. The first-order chi connectivity index (χ1) is 7.63. The second kappa shape index (κ2) is 10.7. The minimum absolute atomic E-state index is 0.0351. The van der Waals surface area contributed by atoms with Gasteiger partial charge in [-0.2, -0.15) is 0 Å². The lowest BCUT2D eigenvalue weighted by Crippen LogP contribution is -2.31. The van der Waals surface area contributed by atoms with Crippen LogP contribution in [0.5, 0.6) is 0 Å². The summed E-state index contributed by atoms with van der Waals surface area (Å²) >= 11 is 0. The monoisotopic (exact) mass is 264 g/mol. The first-order valence-electron chi connectivity index (χ1n) is 5.03. The molecule has 0 bridgehead atoms. The lowest BCUT2D eigenvalue weighted by molar-refractivity contribution is 0.836. The molecular weight excluding hydrogens is 244 g/mol. The summed E-state index contributed by atoms with van der Waals surface area (Å²) in [7, 11) is 3.63. The van der Waals surface area contributed by atoms with E-state index in [4.69, 9.17) is 22.3 Å². The van der Waals surface area contributed by atoms with Gasteiger partial charge in [0.1, 0.15) is 0 Å². The van der Waals surface area contributed by atoms with Crippen LogP contribution in [0.25, 0.3) is 0 Å². The molecule has 6 nitrogen and oxygen atoms in total. The minimum atomic E-state index is 0.0351. The fourth-order valence-electron chi connectivity index (χ4n) is 0.826. The van der Waals surface area contributed by atoms with Crippen molar-refractivity contribution >= 4 is 33.5 Å². The highest BCUT2D eigenvalue weighted by Gasteiger charge is 1.93. The summed E-state index contributed by atoms with van der Waals surface area (Å²) in [5, 5.41) is 19.4. The van der Waals surface area contributed by atoms with Crippen LogP contribution < -0.4 is 22.1 Å². The lowest BCUT2D eigenvalue weighted by atomic mass is 10.5. The third-order valence-electron chi connectivity index (χ3n) is 1.52. The van der Waals surface area contributed by atoms with Gasteiger partial charge in [-0.1, -0.05) is 21.6 Å². The number of hydrogen-bond acceptors (Lipinski definition) is 4. The molecule has 0 aliphatic rings. The van der Waals surface area contributed by atoms with Crippen LogP contribution in [0.2, 0.25) is 0 Å². The smallest absolute Gasteiger partial charge is 0.185 e. The molecule has 0 aromatic carbocycles. The lowest BCUT2D eigenvalue weighted by Gasteiger charge is -2.04. The third-order valence-corrected chi connectivity index (χ3v) is 4.10. The largest absolute Gasteiger partial charge is 0.370 e. The number of hydrogen-bond donors (Lipinski definition) is 6. The van der Waals surface area contributed by atoms with E-state index in [2.05, 4.69) is 10.6 Å². The normalized spacial score (nSPS) is 9.75. The van der Waals surface area contributed by atoms with Crippen molar-refractivity contribution in [2.45, 2.75) is 12.8 Å². The highest BCUT2D eigenvalue weighted by atomic mass is 33.1. The van der Waals surface area contributed by atoms with Gasteiger partial charge in [-0.15, -0.1) is 0 Å². The predicted octanol–water partition coefficient (Wildman–Crippen LogP) is 0.114. The molecule has 94 valence electrons. The zero-order chi connectivity index (χ0) is 12.2. The number of guanidine groups is 2. The van der Waals surface area contributed by atoms with Crippen molar-refractivity contribution in [3.63, 3.8) is 0 Å². The molecule has 0 aromatic rings. The maximum Gasteiger partial charge on any atom is 0.185 e. The highest BCUT2D eigenvalue weighted by Crippen LogP contribution is 2.22. The Bertz CT molecular complexity index is 189. The van der Waals surface area contributed by atoms with Gasteiger partial charge in [-0.05, 0) is 12.8 Å². The molecule has 0 rings (SSSR count). The summed E-state index contributed by atoms with van der Waals surface area (Å²) in [6.07, 6.45) is 2.01. The van der Waals surface area contributed by atoms with Gasteiger partial charge in [-0.25, -0.2) is 0 Å². The number of rotatable bonds is 9. The molecule has 8 heteroatoms. The molecule has 0 aromatic heterocycles. The van der Waals surface area contributed by atoms with E-state index in [1.54, 1.807) is 0 Å². The molecular formula is C8H20N6S2. The average Bonchev–Trinajstić information content (AvgIpc) is 2.20. The maximum atomic E-state index is 6.94. The van der Waals surface area contributed by atoms with E-state index in [-0.39, 0.29) is 11.9 Å². The van der Waals surface area contributed by atoms with E-state index in [9.17, 15) is 0 Å². The predicted molar refractivity (Wildman–Crippen MR) is 74.0 cm³/mol. The van der Waals surface area contributed by atoms with Crippen LogP contribution in [0.3, 0.4) is 0 Å². The van der Waals surface area contributed by atoms with Gasteiger partial charge in [0.05, 0.1) is 0 Å². The van der Waals surface area contributed by atoms with E-state index >= 15 is 0 Å². The van der Waals surface area contributed by atoms with E-state index in [1.165, 1.54) is 0 Å². The van der Waals surface area contributed by atoms with Crippen LogP contribution in [0.1, 0.15) is 12.8 Å². The fraction of sp³-hybridized carbons (Fsp3) is 0.750. The molecule has 0 amide bonds. The summed E-state index contributed by atoms with van der Waals surface area (Å²) in [4.78, 5) is 0. The number of nitrogens with two attached hydrogens (primary N) is 2. The van der Waals surface area contributed by atoms with Crippen LogP contribution in [0.4, 0.5) is 0 Å². The Morgan fingerprint density at radius 1 is 0.875 bits per heavy atom. The van der Waals surface area contributed by atoms with Crippen molar-refractivity contribution in [2.24, 2.45) is 11.5 Å². The standard InChI is InChI=1S/C8H20N6S2/c9-7(10)13-3-1-5-15-16-6-2-4-14-8(11)12/h1-6H2,(H4,9,10,13)(H4,11,12,14). The zero-order valence-corrected chi connectivity index (χ0v) is 10.8. The second-order valence-corrected chi connectivity index (χ2v) is 5.73. The van der Waals surface area contributed by atoms with Crippen molar-refractivity contribution in [3.05, 3.63) is 0 Å². The molecule has 0 saturated heterocycles. The first kappa shape index (κ1) is 15.2. The van der Waals surface area contributed by atoms with Crippen LogP contribution in [-0.4, -0.2) is 36.5 Å². The quantitative estimate of drug-likeness (QED) is 0.152. The van der Waals surface area contributed by atoms with Gasteiger partial charge in [0, 0.05) is 24.6 Å². The Balaban J connectivity index is 2.98. The van der Waals surface area contributed by atoms with E-state index in [1.807, 2.05) is 21.6 Å². The van der Waals surface area contributed by atoms with Crippen molar-refractivity contribution in [2.75, 3.05) is 24.6 Å². The number of nitrogens with one attached hydrogen (secondary N) is 4. The molecule has 0 unspecified atom stereocenters. The van der Waals surface area contributed by atoms with E-state index in [0.29, 0.717) is 0 Å². The summed E-state index contributed by atoms with van der Waals surface area (Å²) in [5.74, 6) is 2.16. The van der Waals surface area contributed by atoms with Crippen LogP contribution in [0.15, 0.2) is 0 Å². The van der Waals surface area contributed by atoms with Gasteiger partial charge in [0.15, 0.2) is 11.9 Å². The summed E-state index contributed by atoms with van der Waals surface area (Å²) < 4.78 is 0. The van der Waals surface area contributed by atoms with E-state index < -0.39 is 0 Å². The summed E-state index contributed by atoms with van der Waals surface area (Å²) in [6, 6.07) is 0. The zero-order valence-electron chi connectivity index (χ0n) is 9.21. The Kier molecular flexibility index (Phi) is 10.2.